The highest BCUT2D eigenvalue weighted by Gasteiger charge is 2.41. The van der Waals surface area contributed by atoms with Crippen molar-refractivity contribution >= 4 is 17.2 Å². The number of aromatic amines is 1. The number of carbonyl (C=O) groups excluding carboxylic acids is 1. The molecule has 0 unspecified atom stereocenters. The van der Waals surface area contributed by atoms with Crippen molar-refractivity contribution in [2.45, 2.75) is 63.2 Å². The molecule has 1 atom stereocenters. The summed E-state index contributed by atoms with van der Waals surface area (Å²) >= 11 is 0. The predicted octanol–water partition coefficient (Wildman–Crippen LogP) is 3.55. The number of hydrogen-bond acceptors (Lipinski definition) is 6. The molecule has 1 fully saturated rings. The fraction of sp³-hybridized carbons (Fsp3) is 0.458. The van der Waals surface area contributed by atoms with Crippen molar-refractivity contribution in [3.05, 3.63) is 58.0 Å². The molecule has 1 amide bonds. The number of nitrogens with one attached hydrogen (secondary N) is 2. The monoisotopic (exact) mass is 535 g/mol. The van der Waals surface area contributed by atoms with E-state index in [4.69, 9.17) is 4.74 Å². The van der Waals surface area contributed by atoms with Gasteiger partial charge in [0.05, 0.1) is 23.9 Å². The van der Waals surface area contributed by atoms with E-state index in [0.29, 0.717) is 11.3 Å². The van der Waals surface area contributed by atoms with Gasteiger partial charge in [0.1, 0.15) is 17.3 Å². The summed E-state index contributed by atoms with van der Waals surface area (Å²) in [7, 11) is 0. The van der Waals surface area contributed by atoms with E-state index in [-0.39, 0.29) is 42.5 Å². The van der Waals surface area contributed by atoms with Crippen LogP contribution in [-0.4, -0.2) is 48.7 Å². The zero-order chi connectivity index (χ0) is 27.1. The van der Waals surface area contributed by atoms with Crippen LogP contribution in [0.2, 0.25) is 0 Å². The Hall–Kier alpha value is -3.97. The average Bonchev–Trinajstić information content (AvgIpc) is 3.44. The lowest BCUT2D eigenvalue weighted by molar-refractivity contribution is -0.136. The minimum Gasteiger partial charge on any atom is -0.493 e. The van der Waals surface area contributed by atoms with E-state index in [1.807, 2.05) is 10.9 Å². The highest BCUT2D eigenvalue weighted by molar-refractivity contribution is 6.22. The van der Waals surface area contributed by atoms with E-state index >= 15 is 4.39 Å². The van der Waals surface area contributed by atoms with Gasteiger partial charge in [0.25, 0.3) is 5.91 Å². The number of nitrogens with zero attached hydrogens (tertiary/aromatic N) is 5. The smallest absolute Gasteiger partial charge is 0.389 e. The van der Waals surface area contributed by atoms with Gasteiger partial charge in [0.15, 0.2) is 0 Å². The Kier molecular flexibility index (Phi) is 6.57. The summed E-state index contributed by atoms with van der Waals surface area (Å²) in [6.45, 7) is 1.41. The Bertz CT molecular complexity index is 1440. The first-order valence-electron chi connectivity index (χ1n) is 12.2. The molecule has 2 N–H and O–H groups in total. The van der Waals surface area contributed by atoms with E-state index in [2.05, 4.69) is 25.9 Å². The van der Waals surface area contributed by atoms with Crippen molar-refractivity contribution in [1.82, 2.24) is 35.3 Å². The Morgan fingerprint density at radius 2 is 2.00 bits per heavy atom. The maximum Gasteiger partial charge on any atom is 0.389 e. The number of H-pyrrole nitrogens is 1. The standard InChI is InChI=1S/C24H25F4N7O3/c1-23(17-7-6-15(12-18(17)25)38-11-3-9-24(26,27)28)13-16(19-8-10-34(31-19)14-4-2-5-14)20(21(36)29-23)35-22(37)30-32-33-35/h6-8,10,12,14H,2-5,9,11,13H2,1H3,(H,29,36)(H,30,33,37)/t23-/m0/s1. The lowest BCUT2D eigenvalue weighted by Crippen LogP contribution is -2.49. The maximum absolute atomic E-state index is 15.3. The number of carbonyl (C=O) groups is 1. The molecular weight excluding hydrogens is 510 g/mol. The number of alkyl halides is 3. The Labute approximate surface area is 213 Å². The molecule has 202 valence electrons. The van der Waals surface area contributed by atoms with Gasteiger partial charge in [-0.3, -0.25) is 9.48 Å². The summed E-state index contributed by atoms with van der Waals surface area (Å²) in [5.41, 5.74) is -1.05. The predicted molar refractivity (Wildman–Crippen MR) is 126 cm³/mol. The third kappa shape index (κ3) is 5.07. The van der Waals surface area contributed by atoms with Crippen LogP contribution in [0.3, 0.4) is 0 Å². The van der Waals surface area contributed by atoms with Gasteiger partial charge in [-0.2, -0.15) is 23.0 Å². The zero-order valence-corrected chi connectivity index (χ0v) is 20.4. The van der Waals surface area contributed by atoms with Crippen molar-refractivity contribution in [3.63, 3.8) is 0 Å². The molecule has 3 aromatic rings. The average molecular weight is 536 g/mol. The van der Waals surface area contributed by atoms with Crippen LogP contribution in [-0.2, 0) is 10.3 Å². The molecular formula is C24H25F4N7O3. The molecule has 0 radical (unpaired) electrons. The molecule has 1 saturated carbocycles. The summed E-state index contributed by atoms with van der Waals surface area (Å²) in [6.07, 6.45) is -0.589. The second-order valence-corrected chi connectivity index (χ2v) is 9.68. The van der Waals surface area contributed by atoms with E-state index in [9.17, 15) is 22.8 Å². The molecule has 5 rings (SSSR count). The largest absolute Gasteiger partial charge is 0.493 e. The van der Waals surface area contributed by atoms with Crippen LogP contribution in [0.15, 0.2) is 35.3 Å². The molecule has 1 aliphatic heterocycles. The Balaban J connectivity index is 1.45. The maximum atomic E-state index is 15.3. The first-order valence-corrected chi connectivity index (χ1v) is 12.2. The van der Waals surface area contributed by atoms with Crippen LogP contribution in [0.1, 0.15) is 62.7 Å². The molecule has 2 aliphatic rings. The first-order chi connectivity index (χ1) is 18.0. The van der Waals surface area contributed by atoms with Crippen LogP contribution < -0.4 is 15.7 Å². The zero-order valence-electron chi connectivity index (χ0n) is 20.4. The molecule has 3 heterocycles. The van der Waals surface area contributed by atoms with Gasteiger partial charge >= 0.3 is 11.9 Å². The number of aromatic nitrogens is 6. The minimum absolute atomic E-state index is 0.0647. The van der Waals surface area contributed by atoms with E-state index < -0.39 is 35.6 Å². The van der Waals surface area contributed by atoms with E-state index in [0.717, 1.165) is 30.0 Å². The third-order valence-electron chi connectivity index (χ3n) is 6.88. The molecule has 10 nitrogen and oxygen atoms in total. The highest BCUT2D eigenvalue weighted by Crippen LogP contribution is 2.41. The van der Waals surface area contributed by atoms with Gasteiger partial charge in [-0.15, -0.1) is 0 Å². The molecule has 2 aromatic heterocycles. The molecule has 0 saturated heterocycles. The number of hydrogen-bond donors (Lipinski definition) is 2. The van der Waals surface area contributed by atoms with Gasteiger partial charge in [0.2, 0.25) is 0 Å². The normalized spacial score (nSPS) is 20.4. The third-order valence-corrected chi connectivity index (χ3v) is 6.88. The van der Waals surface area contributed by atoms with Gasteiger partial charge in [-0.05, 0) is 55.2 Å². The van der Waals surface area contributed by atoms with Gasteiger partial charge < -0.3 is 10.1 Å². The highest BCUT2D eigenvalue weighted by atomic mass is 19.4. The van der Waals surface area contributed by atoms with Crippen molar-refractivity contribution in [2.24, 2.45) is 0 Å². The van der Waals surface area contributed by atoms with Crippen LogP contribution in [0.4, 0.5) is 17.6 Å². The number of halogens is 4. The molecule has 0 spiro atoms. The summed E-state index contributed by atoms with van der Waals surface area (Å²) in [6, 6.07) is 5.94. The van der Waals surface area contributed by atoms with Gasteiger partial charge in [-0.1, -0.05) is 6.07 Å². The number of benzene rings is 1. The lowest BCUT2D eigenvalue weighted by atomic mass is 9.80. The Morgan fingerprint density at radius 3 is 2.63 bits per heavy atom. The molecule has 0 bridgehead atoms. The van der Waals surface area contributed by atoms with Gasteiger partial charge in [0, 0.05) is 36.2 Å². The van der Waals surface area contributed by atoms with Crippen LogP contribution >= 0.6 is 0 Å². The van der Waals surface area contributed by atoms with Crippen LogP contribution in [0.25, 0.3) is 11.3 Å². The summed E-state index contributed by atoms with van der Waals surface area (Å²) < 4.78 is 60.3. The van der Waals surface area contributed by atoms with Crippen LogP contribution in [0, 0.1) is 5.82 Å². The number of amides is 1. The fourth-order valence-corrected chi connectivity index (χ4v) is 4.72. The fourth-order valence-electron chi connectivity index (χ4n) is 4.72. The second-order valence-electron chi connectivity index (χ2n) is 9.68. The summed E-state index contributed by atoms with van der Waals surface area (Å²) in [4.78, 5) is 25.7. The SMILES string of the molecule is C[C@@]1(c2ccc(OCCCC(F)(F)F)cc2F)CC(c2ccn(C3CCC3)n2)=C(n2nn[nH]c2=O)C(=O)N1. The minimum atomic E-state index is -4.29. The quantitative estimate of drug-likeness (QED) is 0.336. The van der Waals surface area contributed by atoms with Crippen LogP contribution in [0.5, 0.6) is 5.75 Å². The number of rotatable bonds is 8. The molecule has 14 heteroatoms. The topological polar surface area (TPSA) is 120 Å². The van der Waals surface area contributed by atoms with Crippen molar-refractivity contribution in [2.75, 3.05) is 6.61 Å². The lowest BCUT2D eigenvalue weighted by Gasteiger charge is -2.37. The number of ether oxygens (including phenoxy) is 1. The number of tetrazole rings is 1. The summed E-state index contributed by atoms with van der Waals surface area (Å²) in [5, 5.41) is 16.8. The molecule has 38 heavy (non-hydrogen) atoms. The van der Waals surface area contributed by atoms with Crippen molar-refractivity contribution < 1.29 is 27.1 Å². The molecule has 1 aromatic carbocycles. The van der Waals surface area contributed by atoms with Crippen molar-refractivity contribution in [3.8, 4) is 5.75 Å². The first kappa shape index (κ1) is 25.7. The van der Waals surface area contributed by atoms with E-state index in [1.165, 1.54) is 12.1 Å². The van der Waals surface area contributed by atoms with Gasteiger partial charge in [-0.25, -0.2) is 14.3 Å². The Morgan fingerprint density at radius 1 is 1.21 bits per heavy atom. The molecule has 1 aliphatic carbocycles. The van der Waals surface area contributed by atoms with E-state index in [1.54, 1.807) is 13.0 Å². The van der Waals surface area contributed by atoms with Crippen molar-refractivity contribution in [1.29, 1.82) is 0 Å². The summed E-state index contributed by atoms with van der Waals surface area (Å²) in [5.74, 6) is -1.30. The second kappa shape index (κ2) is 9.72.